The molecule has 0 bridgehead atoms. The van der Waals surface area contributed by atoms with Crippen molar-refractivity contribution in [2.75, 3.05) is 11.9 Å². The van der Waals surface area contributed by atoms with Gasteiger partial charge in [0.15, 0.2) is 0 Å². The van der Waals surface area contributed by atoms with Crippen LogP contribution in [0.15, 0.2) is 35.7 Å². The second-order valence-electron chi connectivity index (χ2n) is 4.80. The van der Waals surface area contributed by atoms with Gasteiger partial charge in [0.2, 0.25) is 5.95 Å². The third kappa shape index (κ3) is 2.93. The zero-order valence-corrected chi connectivity index (χ0v) is 14.1. The molecule has 0 fully saturated rings. The van der Waals surface area contributed by atoms with Crippen molar-refractivity contribution in [3.05, 3.63) is 46.2 Å². The summed E-state index contributed by atoms with van der Waals surface area (Å²) in [5.41, 5.74) is 4.07. The smallest absolute Gasteiger partial charge is 0.223 e. The van der Waals surface area contributed by atoms with Gasteiger partial charge in [-0.1, -0.05) is 6.08 Å². The zero-order chi connectivity index (χ0) is 15.5. The van der Waals surface area contributed by atoms with Gasteiger partial charge < -0.3 is 5.32 Å². The Labute approximate surface area is 137 Å². The maximum absolute atomic E-state index is 4.67. The second-order valence-corrected chi connectivity index (χ2v) is 6.78. The van der Waals surface area contributed by atoms with E-state index in [1.54, 1.807) is 28.7 Å². The molecule has 0 aliphatic carbocycles. The molecule has 0 radical (unpaired) electrons. The van der Waals surface area contributed by atoms with Crippen LogP contribution in [0, 0.1) is 13.8 Å². The van der Waals surface area contributed by atoms with Crippen LogP contribution < -0.4 is 5.32 Å². The van der Waals surface area contributed by atoms with Gasteiger partial charge in [0.05, 0.1) is 5.69 Å². The molecule has 4 nitrogen and oxygen atoms in total. The van der Waals surface area contributed by atoms with E-state index in [9.17, 15) is 0 Å². The van der Waals surface area contributed by atoms with E-state index in [1.165, 1.54) is 4.88 Å². The number of thiazole rings is 1. The van der Waals surface area contributed by atoms with Gasteiger partial charge in [-0.3, -0.25) is 0 Å². The summed E-state index contributed by atoms with van der Waals surface area (Å²) in [5, 5.41) is 8.23. The molecule has 112 valence electrons. The van der Waals surface area contributed by atoms with E-state index < -0.39 is 0 Å². The second kappa shape index (κ2) is 6.37. The van der Waals surface area contributed by atoms with Crippen LogP contribution in [-0.2, 0) is 0 Å². The molecule has 3 aromatic rings. The van der Waals surface area contributed by atoms with Crippen molar-refractivity contribution in [1.82, 2.24) is 15.0 Å². The highest BCUT2D eigenvalue weighted by Gasteiger charge is 2.16. The Kier molecular flexibility index (Phi) is 4.31. The number of aryl methyl sites for hydroxylation is 2. The van der Waals surface area contributed by atoms with Gasteiger partial charge in [-0.05, 0) is 36.2 Å². The fraction of sp³-hybridized carbons (Fsp3) is 0.188. The average molecular weight is 328 g/mol. The molecule has 3 rings (SSSR count). The number of hydrogen-bond donors (Lipinski definition) is 1. The predicted molar refractivity (Wildman–Crippen MR) is 94.6 cm³/mol. The Balaban J connectivity index is 2.12. The number of hydrogen-bond acceptors (Lipinski definition) is 6. The van der Waals surface area contributed by atoms with Crippen LogP contribution in [0.3, 0.4) is 0 Å². The maximum Gasteiger partial charge on any atom is 0.223 e. The Hall–Kier alpha value is -2.05. The zero-order valence-electron chi connectivity index (χ0n) is 12.5. The lowest BCUT2D eigenvalue weighted by atomic mass is 10.1. The number of thiophene rings is 1. The third-order valence-electron chi connectivity index (χ3n) is 3.26. The van der Waals surface area contributed by atoms with Gasteiger partial charge in [0.1, 0.15) is 10.7 Å². The Bertz CT molecular complexity index is 771. The summed E-state index contributed by atoms with van der Waals surface area (Å²) < 4.78 is 0. The Morgan fingerprint density at radius 1 is 1.32 bits per heavy atom. The summed E-state index contributed by atoms with van der Waals surface area (Å²) in [6.07, 6.45) is 3.65. The lowest BCUT2D eigenvalue weighted by Crippen LogP contribution is -2.04. The van der Waals surface area contributed by atoms with Crippen molar-refractivity contribution in [3.8, 4) is 21.8 Å². The monoisotopic (exact) mass is 328 g/mol. The lowest BCUT2D eigenvalue weighted by Gasteiger charge is -2.08. The molecule has 3 heterocycles. The van der Waals surface area contributed by atoms with E-state index in [-0.39, 0.29) is 0 Å². The molecule has 3 aromatic heterocycles. The van der Waals surface area contributed by atoms with E-state index >= 15 is 0 Å². The molecular formula is C16H16N4S2. The molecule has 6 heteroatoms. The summed E-state index contributed by atoms with van der Waals surface area (Å²) >= 11 is 3.33. The quantitative estimate of drug-likeness (QED) is 0.698. The van der Waals surface area contributed by atoms with Crippen molar-refractivity contribution < 1.29 is 0 Å². The van der Waals surface area contributed by atoms with E-state index in [4.69, 9.17) is 0 Å². The van der Waals surface area contributed by atoms with Crippen LogP contribution in [0.1, 0.15) is 10.6 Å². The number of aromatic nitrogens is 3. The van der Waals surface area contributed by atoms with Gasteiger partial charge in [-0.25, -0.2) is 15.0 Å². The molecule has 0 saturated carbocycles. The molecule has 0 saturated heterocycles. The minimum atomic E-state index is 0.597. The molecule has 0 atom stereocenters. The first-order valence-corrected chi connectivity index (χ1v) is 8.63. The molecule has 0 amide bonds. The normalized spacial score (nSPS) is 10.6. The van der Waals surface area contributed by atoms with Gasteiger partial charge in [-0.15, -0.1) is 17.9 Å². The number of rotatable bonds is 5. The number of nitrogens with one attached hydrogen (secondary N) is 1. The van der Waals surface area contributed by atoms with Gasteiger partial charge in [0.25, 0.3) is 0 Å². The third-order valence-corrected chi connectivity index (χ3v) is 5.02. The first kappa shape index (κ1) is 14.9. The predicted octanol–water partition coefficient (Wildman–Crippen LogP) is 4.54. The van der Waals surface area contributed by atoms with Crippen LogP contribution in [-0.4, -0.2) is 21.5 Å². The van der Waals surface area contributed by atoms with Gasteiger partial charge in [-0.2, -0.15) is 11.3 Å². The van der Waals surface area contributed by atoms with Crippen LogP contribution in [0.4, 0.5) is 5.95 Å². The van der Waals surface area contributed by atoms with Crippen molar-refractivity contribution in [1.29, 1.82) is 0 Å². The molecule has 0 aliphatic heterocycles. The minimum Gasteiger partial charge on any atom is -0.351 e. The highest BCUT2D eigenvalue weighted by Crippen LogP contribution is 2.35. The van der Waals surface area contributed by atoms with E-state index in [0.717, 1.165) is 27.5 Å². The molecule has 0 unspecified atom stereocenters. The standard InChI is InChI=1S/C16H16N4S2/c1-4-6-17-16-18-8-13(12-5-7-21-9-12)14(20-16)15-19-10(2)11(3)22-15/h4-5,7-9H,1,6H2,2-3H3,(H,17,18,20). The van der Waals surface area contributed by atoms with Crippen LogP contribution in [0.5, 0.6) is 0 Å². The summed E-state index contributed by atoms with van der Waals surface area (Å²) in [6.45, 7) is 8.44. The molecule has 0 spiro atoms. The molecule has 1 N–H and O–H groups in total. The highest BCUT2D eigenvalue weighted by molar-refractivity contribution is 7.15. The van der Waals surface area contributed by atoms with E-state index in [2.05, 4.69) is 50.6 Å². The summed E-state index contributed by atoms with van der Waals surface area (Å²) in [6, 6.07) is 2.08. The van der Waals surface area contributed by atoms with Crippen molar-refractivity contribution in [3.63, 3.8) is 0 Å². The fourth-order valence-electron chi connectivity index (χ4n) is 2.00. The Morgan fingerprint density at radius 2 is 2.18 bits per heavy atom. The first-order chi connectivity index (χ1) is 10.7. The lowest BCUT2D eigenvalue weighted by molar-refractivity contribution is 1.12. The molecule has 0 aromatic carbocycles. The molecular weight excluding hydrogens is 312 g/mol. The van der Waals surface area contributed by atoms with E-state index in [0.29, 0.717) is 12.5 Å². The topological polar surface area (TPSA) is 50.7 Å². The number of anilines is 1. The molecule has 0 aliphatic rings. The van der Waals surface area contributed by atoms with Crippen LogP contribution in [0.25, 0.3) is 21.8 Å². The summed E-state index contributed by atoms with van der Waals surface area (Å²) in [5.74, 6) is 0.597. The first-order valence-electron chi connectivity index (χ1n) is 6.88. The van der Waals surface area contributed by atoms with Crippen molar-refractivity contribution >= 4 is 28.6 Å². The largest absolute Gasteiger partial charge is 0.351 e. The summed E-state index contributed by atoms with van der Waals surface area (Å²) in [4.78, 5) is 14.9. The maximum atomic E-state index is 4.67. The average Bonchev–Trinajstić information content (AvgIpc) is 3.16. The molecule has 22 heavy (non-hydrogen) atoms. The van der Waals surface area contributed by atoms with Crippen LogP contribution >= 0.6 is 22.7 Å². The van der Waals surface area contributed by atoms with Crippen molar-refractivity contribution in [2.45, 2.75) is 13.8 Å². The minimum absolute atomic E-state index is 0.597. The van der Waals surface area contributed by atoms with Crippen LogP contribution in [0.2, 0.25) is 0 Å². The summed E-state index contributed by atoms with van der Waals surface area (Å²) in [7, 11) is 0. The van der Waals surface area contributed by atoms with Gasteiger partial charge in [0, 0.05) is 23.2 Å². The fourth-order valence-corrected chi connectivity index (χ4v) is 3.57. The Morgan fingerprint density at radius 3 is 2.82 bits per heavy atom. The van der Waals surface area contributed by atoms with Crippen molar-refractivity contribution in [2.24, 2.45) is 0 Å². The highest BCUT2D eigenvalue weighted by atomic mass is 32.1. The number of nitrogens with zero attached hydrogens (tertiary/aromatic N) is 3. The SMILES string of the molecule is C=CCNc1ncc(-c2ccsc2)c(-c2nc(C)c(C)s2)n1. The van der Waals surface area contributed by atoms with E-state index in [1.807, 2.05) is 13.1 Å². The van der Waals surface area contributed by atoms with Gasteiger partial charge >= 0.3 is 0 Å².